The van der Waals surface area contributed by atoms with E-state index < -0.39 is 11.9 Å². The summed E-state index contributed by atoms with van der Waals surface area (Å²) >= 11 is 0. The highest BCUT2D eigenvalue weighted by atomic mass is 19.1. The number of halogens is 1. The van der Waals surface area contributed by atoms with Gasteiger partial charge in [-0.2, -0.15) is 0 Å². The van der Waals surface area contributed by atoms with Crippen LogP contribution >= 0.6 is 0 Å². The molecule has 0 spiro atoms. The average molecular weight is 491 g/mol. The lowest BCUT2D eigenvalue weighted by Crippen LogP contribution is -2.52. The van der Waals surface area contributed by atoms with Gasteiger partial charge in [0.05, 0.1) is 0 Å². The molecule has 186 valence electrons. The molecule has 1 N–H and O–H groups in total. The molecule has 36 heavy (non-hydrogen) atoms. The predicted molar refractivity (Wildman–Crippen MR) is 128 cm³/mol. The standard InChI is InChI=1S/C27H27FN4O4/c1-15-29-22-3-2-16(10-24(22)36-15)13-31-8-6-17(7-9-31)19-11-18-14-32(27(35)20(18)12-21(19)28)23-4-5-25(33)30-26(23)34/h2-3,10-12,17,23H,4-9,13-14H2,1H3,(H,30,33,34). The molecule has 3 aliphatic heterocycles. The van der Waals surface area contributed by atoms with Gasteiger partial charge in [-0.25, -0.2) is 9.37 Å². The van der Waals surface area contributed by atoms with Crippen molar-refractivity contribution in [3.05, 3.63) is 64.3 Å². The highest BCUT2D eigenvalue weighted by Gasteiger charge is 2.40. The Kier molecular flexibility index (Phi) is 5.59. The molecule has 1 aromatic heterocycles. The van der Waals surface area contributed by atoms with E-state index in [1.54, 1.807) is 0 Å². The van der Waals surface area contributed by atoms with Gasteiger partial charge in [0.2, 0.25) is 11.8 Å². The van der Waals surface area contributed by atoms with Crippen molar-refractivity contribution in [2.45, 2.75) is 57.7 Å². The number of oxazole rings is 1. The molecule has 1 atom stereocenters. The number of fused-ring (bicyclic) bond motifs is 2. The molecular weight excluding hydrogens is 463 g/mol. The maximum atomic E-state index is 15.2. The first-order valence-electron chi connectivity index (χ1n) is 12.4. The molecule has 1 unspecified atom stereocenters. The van der Waals surface area contributed by atoms with Crippen molar-refractivity contribution in [3.63, 3.8) is 0 Å². The molecule has 9 heteroatoms. The van der Waals surface area contributed by atoms with E-state index in [1.807, 2.05) is 25.1 Å². The summed E-state index contributed by atoms with van der Waals surface area (Å²) in [6.45, 7) is 4.58. The Morgan fingerprint density at radius 1 is 1.11 bits per heavy atom. The molecule has 3 aliphatic rings. The fourth-order valence-electron chi connectivity index (χ4n) is 5.76. The minimum absolute atomic E-state index is 0.0747. The molecule has 3 amide bonds. The summed E-state index contributed by atoms with van der Waals surface area (Å²) in [6, 6.07) is 8.54. The van der Waals surface area contributed by atoms with E-state index in [4.69, 9.17) is 4.42 Å². The minimum Gasteiger partial charge on any atom is -0.441 e. The maximum Gasteiger partial charge on any atom is 0.255 e. The molecule has 6 rings (SSSR count). The molecule has 0 aliphatic carbocycles. The number of hydrogen-bond donors (Lipinski definition) is 1. The van der Waals surface area contributed by atoms with Crippen LogP contribution < -0.4 is 5.32 Å². The van der Waals surface area contributed by atoms with Gasteiger partial charge in [0.1, 0.15) is 17.4 Å². The number of piperidine rings is 2. The van der Waals surface area contributed by atoms with E-state index in [9.17, 15) is 14.4 Å². The van der Waals surface area contributed by atoms with Crippen molar-refractivity contribution in [2.24, 2.45) is 0 Å². The first-order valence-corrected chi connectivity index (χ1v) is 12.4. The van der Waals surface area contributed by atoms with Crippen LogP contribution in [0.5, 0.6) is 0 Å². The van der Waals surface area contributed by atoms with Gasteiger partial charge in [-0.15, -0.1) is 0 Å². The smallest absolute Gasteiger partial charge is 0.255 e. The molecule has 2 aromatic carbocycles. The third kappa shape index (κ3) is 4.07. The van der Waals surface area contributed by atoms with E-state index in [-0.39, 0.29) is 36.5 Å². The number of nitrogens with zero attached hydrogens (tertiary/aromatic N) is 3. The summed E-state index contributed by atoms with van der Waals surface area (Å²) < 4.78 is 20.8. The molecule has 0 saturated carbocycles. The Bertz CT molecular complexity index is 1390. The molecule has 8 nitrogen and oxygen atoms in total. The van der Waals surface area contributed by atoms with E-state index in [0.717, 1.165) is 54.7 Å². The number of carbonyl (C=O) groups excluding carboxylic acids is 3. The number of imide groups is 1. The van der Waals surface area contributed by atoms with E-state index >= 15 is 4.39 Å². The molecule has 3 aromatic rings. The number of aromatic nitrogens is 1. The van der Waals surface area contributed by atoms with Gasteiger partial charge in [-0.3, -0.25) is 24.6 Å². The SMILES string of the molecule is Cc1nc2ccc(CN3CCC(c4cc5c(cc4F)C(=O)N(C4CCC(=O)NC4=O)C5)CC3)cc2o1. The Hall–Kier alpha value is -3.59. The summed E-state index contributed by atoms with van der Waals surface area (Å²) in [7, 11) is 0. The topological polar surface area (TPSA) is 95.8 Å². The third-order valence-electron chi connectivity index (χ3n) is 7.63. The van der Waals surface area contributed by atoms with Gasteiger partial charge in [-0.1, -0.05) is 12.1 Å². The Labute approximate surface area is 207 Å². The fourth-order valence-corrected chi connectivity index (χ4v) is 5.76. The van der Waals surface area contributed by atoms with Gasteiger partial charge >= 0.3 is 0 Å². The lowest BCUT2D eigenvalue weighted by atomic mass is 9.87. The van der Waals surface area contributed by atoms with Crippen molar-refractivity contribution >= 4 is 28.8 Å². The van der Waals surface area contributed by atoms with Crippen molar-refractivity contribution in [2.75, 3.05) is 13.1 Å². The zero-order valence-corrected chi connectivity index (χ0v) is 20.1. The lowest BCUT2D eigenvalue weighted by molar-refractivity contribution is -0.136. The molecule has 2 saturated heterocycles. The van der Waals surface area contributed by atoms with E-state index in [0.29, 0.717) is 23.4 Å². The van der Waals surface area contributed by atoms with Gasteiger partial charge in [0, 0.05) is 32.0 Å². The van der Waals surface area contributed by atoms with Crippen molar-refractivity contribution in [1.82, 2.24) is 20.1 Å². The van der Waals surface area contributed by atoms with Crippen LogP contribution in [-0.2, 0) is 22.7 Å². The summed E-state index contributed by atoms with van der Waals surface area (Å²) in [5, 5.41) is 2.30. The second kappa shape index (κ2) is 8.81. The summed E-state index contributed by atoms with van der Waals surface area (Å²) in [5.41, 5.74) is 4.52. The van der Waals surface area contributed by atoms with Gasteiger partial charge in [0.25, 0.3) is 5.91 Å². The first-order chi connectivity index (χ1) is 17.4. The highest BCUT2D eigenvalue weighted by molar-refractivity contribution is 6.05. The predicted octanol–water partition coefficient (Wildman–Crippen LogP) is 3.42. The number of benzene rings is 2. The minimum atomic E-state index is -0.697. The van der Waals surface area contributed by atoms with Crippen LogP contribution in [0.3, 0.4) is 0 Å². The molecule has 0 radical (unpaired) electrons. The van der Waals surface area contributed by atoms with Crippen molar-refractivity contribution in [1.29, 1.82) is 0 Å². The largest absolute Gasteiger partial charge is 0.441 e. The number of hydrogen-bond acceptors (Lipinski definition) is 6. The van der Waals surface area contributed by atoms with Gasteiger partial charge in [0.15, 0.2) is 11.5 Å². The Morgan fingerprint density at radius 3 is 2.69 bits per heavy atom. The van der Waals surface area contributed by atoms with Crippen molar-refractivity contribution < 1.29 is 23.2 Å². The summed E-state index contributed by atoms with van der Waals surface area (Å²) in [4.78, 5) is 44.9. The van der Waals surface area contributed by atoms with Crippen LogP contribution in [0.2, 0.25) is 0 Å². The van der Waals surface area contributed by atoms with Crippen LogP contribution in [0.1, 0.15) is 64.5 Å². The molecule has 0 bridgehead atoms. The van der Waals surface area contributed by atoms with E-state index in [2.05, 4.69) is 21.3 Å². The van der Waals surface area contributed by atoms with Crippen LogP contribution in [0, 0.1) is 12.7 Å². The second-order valence-corrected chi connectivity index (χ2v) is 10.0. The van der Waals surface area contributed by atoms with E-state index in [1.165, 1.54) is 11.0 Å². The monoisotopic (exact) mass is 490 g/mol. The van der Waals surface area contributed by atoms with Crippen LogP contribution in [-0.4, -0.2) is 51.6 Å². The molecule has 4 heterocycles. The van der Waals surface area contributed by atoms with Crippen LogP contribution in [0.15, 0.2) is 34.7 Å². The van der Waals surface area contributed by atoms with Crippen LogP contribution in [0.4, 0.5) is 4.39 Å². The second-order valence-electron chi connectivity index (χ2n) is 10.0. The summed E-state index contributed by atoms with van der Waals surface area (Å²) in [5.74, 6) is -0.769. The maximum absolute atomic E-state index is 15.2. The fraction of sp³-hybridized carbons (Fsp3) is 0.407. The van der Waals surface area contributed by atoms with Gasteiger partial charge in [-0.05, 0) is 73.2 Å². The summed E-state index contributed by atoms with van der Waals surface area (Å²) in [6.07, 6.45) is 2.14. The highest BCUT2D eigenvalue weighted by Crippen LogP contribution is 2.35. The number of carbonyl (C=O) groups is 3. The zero-order valence-electron chi connectivity index (χ0n) is 20.1. The average Bonchev–Trinajstić information content (AvgIpc) is 3.37. The Balaban J connectivity index is 1.13. The molecule has 2 fully saturated rings. The molecular formula is C27H27FN4O4. The first kappa shape index (κ1) is 22.8. The number of rotatable bonds is 4. The lowest BCUT2D eigenvalue weighted by Gasteiger charge is -2.32. The third-order valence-corrected chi connectivity index (χ3v) is 7.63. The zero-order chi connectivity index (χ0) is 25.0. The quantitative estimate of drug-likeness (QED) is 0.563. The van der Waals surface area contributed by atoms with Crippen LogP contribution in [0.25, 0.3) is 11.1 Å². The Morgan fingerprint density at radius 2 is 1.92 bits per heavy atom. The number of amides is 3. The van der Waals surface area contributed by atoms with Gasteiger partial charge < -0.3 is 9.32 Å². The van der Waals surface area contributed by atoms with Crippen molar-refractivity contribution in [3.8, 4) is 0 Å². The number of nitrogens with one attached hydrogen (secondary N) is 1. The normalized spacial score (nSPS) is 21.3. The number of aryl methyl sites for hydroxylation is 1. The number of likely N-dealkylation sites (tertiary alicyclic amines) is 1.